The van der Waals surface area contributed by atoms with Gasteiger partial charge < -0.3 is 14.8 Å². The molecule has 6 heteroatoms. The van der Waals surface area contributed by atoms with Gasteiger partial charge in [-0.2, -0.15) is 0 Å². The van der Waals surface area contributed by atoms with E-state index >= 15 is 0 Å². The Morgan fingerprint density at radius 1 is 1.35 bits per heavy atom. The first-order valence-corrected chi connectivity index (χ1v) is 6.73. The molecular weight excluding hydrogens is 260 g/mol. The second-order valence-corrected chi connectivity index (χ2v) is 6.55. The van der Waals surface area contributed by atoms with Crippen LogP contribution in [0.1, 0.15) is 49.2 Å². The molecule has 1 aliphatic rings. The second kappa shape index (κ2) is 4.92. The first-order chi connectivity index (χ1) is 9.19. The highest BCUT2D eigenvalue weighted by atomic mass is 16.4. The van der Waals surface area contributed by atoms with Gasteiger partial charge in [-0.1, -0.05) is 20.8 Å². The largest absolute Gasteiger partial charge is 0.481 e. The molecule has 1 aliphatic heterocycles. The van der Waals surface area contributed by atoms with Crippen molar-refractivity contribution >= 4 is 11.9 Å². The molecule has 0 fully saturated rings. The number of imidazole rings is 1. The zero-order valence-corrected chi connectivity index (χ0v) is 12.0. The van der Waals surface area contributed by atoms with Gasteiger partial charge in [-0.15, -0.1) is 0 Å². The number of hydrogen-bond donors (Lipinski definition) is 2. The maximum absolute atomic E-state index is 11.3. The molecule has 0 bridgehead atoms. The van der Waals surface area contributed by atoms with Crippen LogP contribution in [0, 0.1) is 11.3 Å². The van der Waals surface area contributed by atoms with E-state index in [0.717, 1.165) is 0 Å². The summed E-state index contributed by atoms with van der Waals surface area (Å²) in [4.78, 5) is 26.7. The molecule has 0 spiro atoms. The summed E-state index contributed by atoms with van der Waals surface area (Å²) in [7, 11) is 0. The van der Waals surface area contributed by atoms with Gasteiger partial charge in [0, 0.05) is 13.0 Å². The van der Waals surface area contributed by atoms with Gasteiger partial charge in [-0.25, -0.2) is 9.78 Å². The Morgan fingerprint density at radius 3 is 2.50 bits per heavy atom. The summed E-state index contributed by atoms with van der Waals surface area (Å²) in [6, 6.07) is 0. The van der Waals surface area contributed by atoms with Crippen molar-refractivity contribution in [3.8, 4) is 0 Å². The molecule has 2 rings (SSSR count). The summed E-state index contributed by atoms with van der Waals surface area (Å²) in [5.74, 6) is -1.65. The summed E-state index contributed by atoms with van der Waals surface area (Å²) >= 11 is 0. The average Bonchev–Trinajstić information content (AvgIpc) is 2.65. The highest BCUT2D eigenvalue weighted by molar-refractivity contribution is 5.87. The van der Waals surface area contributed by atoms with Gasteiger partial charge >= 0.3 is 11.9 Å². The van der Waals surface area contributed by atoms with E-state index in [9.17, 15) is 14.7 Å². The molecule has 1 aromatic heterocycles. The lowest BCUT2D eigenvalue weighted by Gasteiger charge is -2.25. The van der Waals surface area contributed by atoms with Crippen molar-refractivity contribution < 1.29 is 19.8 Å². The van der Waals surface area contributed by atoms with E-state index in [4.69, 9.17) is 5.11 Å². The molecule has 110 valence electrons. The van der Waals surface area contributed by atoms with Crippen LogP contribution < -0.4 is 0 Å². The summed E-state index contributed by atoms with van der Waals surface area (Å²) in [6.07, 6.45) is 1.55. The number of aliphatic carboxylic acids is 1. The van der Waals surface area contributed by atoms with Gasteiger partial charge in [0.2, 0.25) is 0 Å². The molecule has 0 aromatic carbocycles. The molecule has 1 atom stereocenters. The van der Waals surface area contributed by atoms with E-state index in [0.29, 0.717) is 37.3 Å². The molecule has 2 N–H and O–H groups in total. The second-order valence-electron chi connectivity index (χ2n) is 6.55. The standard InChI is InChI=1S/C14H20N2O4/c1-14(2,3)6-10-15-11(13(19)20)9-5-4-8(12(17)18)7-16(9)10/h8H,4-7H2,1-3H3,(H,17,18)(H,19,20). The normalized spacial score (nSPS) is 18.6. The summed E-state index contributed by atoms with van der Waals surface area (Å²) in [6.45, 7) is 6.46. The number of rotatable bonds is 3. The Labute approximate surface area is 117 Å². The van der Waals surface area contributed by atoms with Crippen molar-refractivity contribution in [2.24, 2.45) is 11.3 Å². The molecule has 0 radical (unpaired) electrons. The average molecular weight is 280 g/mol. The predicted octanol–water partition coefficient (Wildman–Crippen LogP) is 1.82. The first-order valence-electron chi connectivity index (χ1n) is 6.73. The Hall–Kier alpha value is -1.85. The van der Waals surface area contributed by atoms with Crippen molar-refractivity contribution in [2.75, 3.05) is 0 Å². The number of carboxylic acid groups (broad SMARTS) is 2. The van der Waals surface area contributed by atoms with Gasteiger partial charge in [0.05, 0.1) is 11.6 Å². The van der Waals surface area contributed by atoms with Crippen molar-refractivity contribution in [2.45, 2.75) is 46.6 Å². The Bertz CT molecular complexity index is 554. The third kappa shape index (κ3) is 2.84. The molecule has 0 amide bonds. The van der Waals surface area contributed by atoms with Crippen molar-refractivity contribution in [1.29, 1.82) is 0 Å². The summed E-state index contributed by atoms with van der Waals surface area (Å²) < 4.78 is 1.80. The lowest BCUT2D eigenvalue weighted by Crippen LogP contribution is -2.28. The van der Waals surface area contributed by atoms with E-state index in [1.165, 1.54) is 0 Å². The number of carboxylic acids is 2. The maximum Gasteiger partial charge on any atom is 0.356 e. The van der Waals surface area contributed by atoms with Crippen LogP contribution >= 0.6 is 0 Å². The van der Waals surface area contributed by atoms with Crippen molar-refractivity contribution in [3.05, 3.63) is 17.2 Å². The zero-order chi connectivity index (χ0) is 15.1. The van der Waals surface area contributed by atoms with E-state index < -0.39 is 17.9 Å². The van der Waals surface area contributed by atoms with Crippen molar-refractivity contribution in [1.82, 2.24) is 9.55 Å². The minimum Gasteiger partial charge on any atom is -0.481 e. The molecule has 20 heavy (non-hydrogen) atoms. The first kappa shape index (κ1) is 14.6. The van der Waals surface area contributed by atoms with Crippen molar-refractivity contribution in [3.63, 3.8) is 0 Å². The van der Waals surface area contributed by atoms with E-state index in [1.54, 1.807) is 4.57 Å². The monoisotopic (exact) mass is 280 g/mol. The van der Waals surface area contributed by atoms with Gasteiger partial charge in [0.15, 0.2) is 5.69 Å². The van der Waals surface area contributed by atoms with Gasteiger partial charge in [-0.3, -0.25) is 4.79 Å². The van der Waals surface area contributed by atoms with Crippen LogP contribution in [-0.2, 0) is 24.2 Å². The Balaban J connectivity index is 2.43. The highest BCUT2D eigenvalue weighted by Crippen LogP contribution is 2.28. The fourth-order valence-electron chi connectivity index (χ4n) is 2.61. The van der Waals surface area contributed by atoms with Crippen LogP contribution in [0.4, 0.5) is 0 Å². The van der Waals surface area contributed by atoms with Gasteiger partial charge in [-0.05, 0) is 18.3 Å². The summed E-state index contributed by atoms with van der Waals surface area (Å²) in [5, 5.41) is 18.4. The number of aromatic carboxylic acids is 1. The van der Waals surface area contributed by atoms with Crippen LogP contribution in [0.15, 0.2) is 0 Å². The predicted molar refractivity (Wildman–Crippen MR) is 71.8 cm³/mol. The Morgan fingerprint density at radius 2 is 2.00 bits per heavy atom. The van der Waals surface area contributed by atoms with Crippen LogP contribution in [0.5, 0.6) is 0 Å². The molecule has 1 unspecified atom stereocenters. The van der Waals surface area contributed by atoms with Crippen LogP contribution in [-0.4, -0.2) is 31.7 Å². The SMILES string of the molecule is CC(C)(C)Cc1nc(C(=O)O)c2n1CC(C(=O)O)CC2. The van der Waals surface area contributed by atoms with E-state index in [2.05, 4.69) is 4.98 Å². The molecule has 1 aromatic rings. The molecule has 0 aliphatic carbocycles. The van der Waals surface area contributed by atoms with Crippen LogP contribution in [0.3, 0.4) is 0 Å². The molecule has 2 heterocycles. The minimum absolute atomic E-state index is 0.0337. The lowest BCUT2D eigenvalue weighted by molar-refractivity contribution is -0.142. The molecular formula is C14H20N2O4. The third-order valence-corrected chi connectivity index (χ3v) is 3.52. The zero-order valence-electron chi connectivity index (χ0n) is 12.0. The Kier molecular flexibility index (Phi) is 3.58. The fraction of sp³-hybridized carbons (Fsp3) is 0.643. The van der Waals surface area contributed by atoms with Crippen LogP contribution in [0.2, 0.25) is 0 Å². The smallest absolute Gasteiger partial charge is 0.356 e. The number of fused-ring (bicyclic) bond motifs is 1. The van der Waals surface area contributed by atoms with Gasteiger partial charge in [0.1, 0.15) is 5.82 Å². The van der Waals surface area contributed by atoms with E-state index in [-0.39, 0.29) is 11.1 Å². The minimum atomic E-state index is -1.04. The number of hydrogen-bond acceptors (Lipinski definition) is 3. The lowest BCUT2D eigenvalue weighted by atomic mass is 9.91. The van der Waals surface area contributed by atoms with Gasteiger partial charge in [0.25, 0.3) is 0 Å². The molecule has 0 saturated heterocycles. The highest BCUT2D eigenvalue weighted by Gasteiger charge is 2.31. The number of carbonyl (C=O) groups is 2. The molecule has 6 nitrogen and oxygen atoms in total. The quantitative estimate of drug-likeness (QED) is 0.881. The summed E-state index contributed by atoms with van der Waals surface area (Å²) in [5.41, 5.74) is 0.705. The topological polar surface area (TPSA) is 92.4 Å². The van der Waals surface area contributed by atoms with Crippen LogP contribution in [0.25, 0.3) is 0 Å². The number of nitrogens with zero attached hydrogens (tertiary/aromatic N) is 2. The maximum atomic E-state index is 11.3. The fourth-order valence-corrected chi connectivity index (χ4v) is 2.61. The number of aromatic nitrogens is 2. The van der Waals surface area contributed by atoms with E-state index in [1.807, 2.05) is 20.8 Å². The molecule has 0 saturated carbocycles. The third-order valence-electron chi connectivity index (χ3n) is 3.52.